The lowest BCUT2D eigenvalue weighted by Crippen LogP contribution is -2.85. The number of likely N-dealkylation sites (tertiary alicyclic amines) is 1. The second-order valence-corrected chi connectivity index (χ2v) is 14.6. The summed E-state index contributed by atoms with van der Waals surface area (Å²) in [5.74, 6) is -4.34. The van der Waals surface area contributed by atoms with Gasteiger partial charge in [-0.3, -0.25) is 9.69 Å². The van der Waals surface area contributed by atoms with Crippen LogP contribution < -0.4 is 0 Å². The SMILES string of the molecule is CCN1C[C@]2(COC)[C@H](O)CC(OC)C34C1C([C@H](OC)[C@@H]32)[C@]1(OC(C)=O)[C@H]2[C@@H](OC(=O)c3ccccc3)[C@@](O)(C[C@@]24O)[C@@H](OC)[C@@H]1O. The summed E-state index contributed by atoms with van der Waals surface area (Å²) in [6, 6.07) is 7.64. The molecule has 1 aromatic carbocycles. The highest BCUT2D eigenvalue weighted by atomic mass is 16.6. The van der Waals surface area contributed by atoms with Crippen molar-refractivity contribution in [2.45, 2.75) is 86.2 Å². The number of ether oxygens (including phenoxy) is 6. The lowest BCUT2D eigenvalue weighted by Gasteiger charge is -2.72. The highest BCUT2D eigenvalue weighted by Gasteiger charge is 2.96. The van der Waals surface area contributed by atoms with Crippen molar-refractivity contribution in [3.8, 4) is 0 Å². The maximum Gasteiger partial charge on any atom is 0.338 e. The van der Waals surface area contributed by atoms with E-state index in [1.807, 2.05) is 6.92 Å². The van der Waals surface area contributed by atoms with E-state index in [9.17, 15) is 30.0 Å². The van der Waals surface area contributed by atoms with Crippen LogP contribution in [0.4, 0.5) is 0 Å². The standard InChI is InChI=1S/C34H47NO12/c1-7-35-15-30(16-42-3)19(37)13-20(43-4)33-23(30)22(44-5)21(25(33)35)34(47-17(2)36)24-27(46-29(39)18-11-9-8-10-12-18)31(40,14-32(24,33)41)28(45-6)26(34)38/h8-12,19-28,37-38,40-41H,7,13-16H2,1-6H3/t19-,20?,21?,22+,23-,24+,25?,26+,27-,28+,30+,31+,32-,33?,34+/m1/s1. The number of carbonyl (C=O) groups excluding carboxylic acids is 2. The third kappa shape index (κ3) is 3.65. The molecule has 4 unspecified atom stereocenters. The van der Waals surface area contributed by atoms with E-state index in [2.05, 4.69) is 4.90 Å². The molecule has 47 heavy (non-hydrogen) atoms. The van der Waals surface area contributed by atoms with Gasteiger partial charge in [0.1, 0.15) is 23.9 Å². The van der Waals surface area contributed by atoms with Crippen LogP contribution in [0.1, 0.15) is 37.0 Å². The van der Waals surface area contributed by atoms with Crippen molar-refractivity contribution in [2.75, 3.05) is 48.1 Å². The summed E-state index contributed by atoms with van der Waals surface area (Å²) in [7, 11) is 5.94. The highest BCUT2D eigenvalue weighted by molar-refractivity contribution is 5.89. The molecular formula is C34H47NO12. The molecule has 1 heterocycles. The van der Waals surface area contributed by atoms with Crippen LogP contribution in [0, 0.1) is 28.6 Å². The number of hydrogen-bond donors (Lipinski definition) is 4. The summed E-state index contributed by atoms with van der Waals surface area (Å²) >= 11 is 0. The molecule has 1 spiro atoms. The number of fused-ring (bicyclic) bond motifs is 2. The zero-order valence-electron chi connectivity index (χ0n) is 27.7. The van der Waals surface area contributed by atoms with Crippen molar-refractivity contribution in [2.24, 2.45) is 28.6 Å². The van der Waals surface area contributed by atoms with Crippen molar-refractivity contribution in [1.29, 1.82) is 0 Å². The van der Waals surface area contributed by atoms with Crippen LogP contribution in [0.3, 0.4) is 0 Å². The summed E-state index contributed by atoms with van der Waals surface area (Å²) < 4.78 is 36.9. The first-order valence-electron chi connectivity index (χ1n) is 16.4. The van der Waals surface area contributed by atoms with Crippen molar-refractivity contribution >= 4 is 11.9 Å². The summed E-state index contributed by atoms with van der Waals surface area (Å²) in [6.07, 6.45) is -7.38. The average molecular weight is 662 g/mol. The second-order valence-electron chi connectivity index (χ2n) is 14.6. The van der Waals surface area contributed by atoms with Gasteiger partial charge in [0.15, 0.2) is 5.60 Å². The molecule has 1 aliphatic heterocycles. The van der Waals surface area contributed by atoms with Crippen LogP contribution in [0.2, 0.25) is 0 Å². The van der Waals surface area contributed by atoms with Gasteiger partial charge in [-0.25, -0.2) is 4.79 Å². The summed E-state index contributed by atoms with van der Waals surface area (Å²) in [5.41, 5.74) is -8.15. The number of benzene rings is 1. The van der Waals surface area contributed by atoms with Crippen LogP contribution >= 0.6 is 0 Å². The second kappa shape index (κ2) is 10.9. The quantitative estimate of drug-likeness (QED) is 0.256. The molecular weight excluding hydrogens is 614 g/mol. The minimum Gasteiger partial charge on any atom is -0.455 e. The molecule has 5 saturated carbocycles. The molecule has 0 amide bonds. The topological polar surface area (TPSA) is 174 Å². The Bertz CT molecular complexity index is 1410. The molecule has 1 saturated heterocycles. The Balaban J connectivity index is 1.57. The molecule has 7 rings (SSSR count). The van der Waals surface area contributed by atoms with Gasteiger partial charge in [0, 0.05) is 83.5 Å². The maximum atomic E-state index is 13.8. The van der Waals surface area contributed by atoms with Gasteiger partial charge in [-0.05, 0) is 18.7 Å². The smallest absolute Gasteiger partial charge is 0.338 e. The van der Waals surface area contributed by atoms with Crippen LogP contribution in [-0.4, -0.2) is 145 Å². The number of aliphatic hydroxyl groups excluding tert-OH is 2. The van der Waals surface area contributed by atoms with E-state index in [4.69, 9.17) is 28.4 Å². The van der Waals surface area contributed by atoms with E-state index in [1.165, 1.54) is 28.3 Å². The van der Waals surface area contributed by atoms with Crippen molar-refractivity contribution in [3.05, 3.63) is 35.9 Å². The average Bonchev–Trinajstić information content (AvgIpc) is 3.39. The Hall–Kier alpha value is -2.20. The van der Waals surface area contributed by atoms with E-state index in [-0.39, 0.29) is 18.6 Å². The molecule has 13 nitrogen and oxygen atoms in total. The van der Waals surface area contributed by atoms with Gasteiger partial charge in [0.05, 0.1) is 42.0 Å². The first kappa shape index (κ1) is 33.3. The molecule has 13 heteroatoms. The van der Waals surface area contributed by atoms with Crippen molar-refractivity contribution in [3.63, 3.8) is 0 Å². The fraction of sp³-hybridized carbons (Fsp3) is 0.765. The number of methoxy groups -OCH3 is 4. The van der Waals surface area contributed by atoms with Gasteiger partial charge in [-0.2, -0.15) is 0 Å². The number of carbonyl (C=O) groups is 2. The molecule has 5 aliphatic carbocycles. The third-order valence-corrected chi connectivity index (χ3v) is 13.2. The summed E-state index contributed by atoms with van der Waals surface area (Å²) in [5, 5.41) is 51.1. The minimum atomic E-state index is -2.12. The molecule has 1 aromatic rings. The largest absolute Gasteiger partial charge is 0.455 e. The molecule has 6 fully saturated rings. The summed E-state index contributed by atoms with van der Waals surface area (Å²) in [6.45, 7) is 4.15. The van der Waals surface area contributed by atoms with Gasteiger partial charge in [0.25, 0.3) is 0 Å². The monoisotopic (exact) mass is 661 g/mol. The Labute approximate surface area is 274 Å². The van der Waals surface area contributed by atoms with E-state index >= 15 is 0 Å². The van der Waals surface area contributed by atoms with E-state index in [1.54, 1.807) is 37.4 Å². The lowest BCUT2D eigenvalue weighted by atomic mass is 9.40. The Morgan fingerprint density at radius 1 is 0.979 bits per heavy atom. The van der Waals surface area contributed by atoms with Crippen LogP contribution in [0.15, 0.2) is 30.3 Å². The predicted octanol–water partition coefficient (Wildman–Crippen LogP) is -0.237. The number of nitrogens with zero attached hydrogens (tertiary/aromatic N) is 1. The molecule has 260 valence electrons. The third-order valence-electron chi connectivity index (χ3n) is 13.2. The first-order chi connectivity index (χ1) is 22.3. The maximum absolute atomic E-state index is 13.8. The van der Waals surface area contributed by atoms with E-state index < -0.39 is 106 Å². The number of esters is 2. The van der Waals surface area contributed by atoms with Gasteiger partial charge in [-0.15, -0.1) is 0 Å². The molecule has 6 aliphatic rings. The number of hydrogen-bond acceptors (Lipinski definition) is 13. The first-order valence-corrected chi connectivity index (χ1v) is 16.4. The Morgan fingerprint density at radius 3 is 2.26 bits per heavy atom. The van der Waals surface area contributed by atoms with Crippen LogP contribution in [0.5, 0.6) is 0 Å². The Morgan fingerprint density at radius 2 is 1.68 bits per heavy atom. The fourth-order valence-corrected chi connectivity index (χ4v) is 12.3. The molecule has 7 bridgehead atoms. The number of piperidine rings is 1. The van der Waals surface area contributed by atoms with E-state index in [0.29, 0.717) is 13.1 Å². The van der Waals surface area contributed by atoms with E-state index in [0.717, 1.165) is 0 Å². The van der Waals surface area contributed by atoms with Gasteiger partial charge < -0.3 is 48.8 Å². The Kier molecular flexibility index (Phi) is 7.72. The summed E-state index contributed by atoms with van der Waals surface area (Å²) in [4.78, 5) is 29.2. The normalized spacial score (nSPS) is 50.7. The number of aliphatic hydroxyl groups is 4. The fourth-order valence-electron chi connectivity index (χ4n) is 12.3. The molecule has 0 radical (unpaired) electrons. The molecule has 4 N–H and O–H groups in total. The van der Waals surface area contributed by atoms with Gasteiger partial charge >= 0.3 is 11.9 Å². The van der Waals surface area contributed by atoms with Crippen LogP contribution in [-0.2, 0) is 33.2 Å². The molecule has 0 aromatic heterocycles. The molecule has 15 atom stereocenters. The lowest BCUT2D eigenvalue weighted by molar-refractivity contribution is -0.355. The van der Waals surface area contributed by atoms with Gasteiger partial charge in [-0.1, -0.05) is 25.1 Å². The van der Waals surface area contributed by atoms with Gasteiger partial charge in [0.2, 0.25) is 0 Å². The zero-order chi connectivity index (χ0) is 33.9. The predicted molar refractivity (Wildman–Crippen MR) is 162 cm³/mol. The number of rotatable bonds is 9. The van der Waals surface area contributed by atoms with Crippen molar-refractivity contribution < 1.29 is 58.4 Å². The highest BCUT2D eigenvalue weighted by Crippen LogP contribution is 2.81. The minimum absolute atomic E-state index is 0.119. The zero-order valence-corrected chi connectivity index (χ0v) is 27.7. The van der Waals surface area contributed by atoms with Crippen molar-refractivity contribution in [1.82, 2.24) is 4.90 Å². The van der Waals surface area contributed by atoms with Crippen LogP contribution in [0.25, 0.3) is 0 Å².